The molecule has 0 saturated heterocycles. The number of benzene rings is 1. The van der Waals surface area contributed by atoms with Crippen LogP contribution in [0.1, 0.15) is 68.0 Å². The standard InChI is InChI=1S/C18H27NS/c1-19-18(13-20-17-7-2-3-8-17)16-11-9-15(10-12-16)14-5-4-6-14/h9-12,14,17-19H,2-8,13H2,1H3. The van der Waals surface area contributed by atoms with Gasteiger partial charge in [0.2, 0.25) is 0 Å². The third-order valence-corrected chi connectivity index (χ3v) is 6.53. The Labute approximate surface area is 127 Å². The third kappa shape index (κ3) is 3.40. The van der Waals surface area contributed by atoms with E-state index in [4.69, 9.17) is 0 Å². The summed E-state index contributed by atoms with van der Waals surface area (Å²) in [5.74, 6) is 2.06. The molecule has 20 heavy (non-hydrogen) atoms. The van der Waals surface area contributed by atoms with Crippen LogP contribution < -0.4 is 5.32 Å². The number of rotatable bonds is 6. The van der Waals surface area contributed by atoms with Crippen LogP contribution >= 0.6 is 11.8 Å². The summed E-state index contributed by atoms with van der Waals surface area (Å²) < 4.78 is 0. The van der Waals surface area contributed by atoms with Gasteiger partial charge in [-0.25, -0.2) is 0 Å². The van der Waals surface area contributed by atoms with Crippen molar-refractivity contribution in [2.45, 2.75) is 62.2 Å². The largest absolute Gasteiger partial charge is 0.312 e. The van der Waals surface area contributed by atoms with Crippen molar-refractivity contribution in [3.8, 4) is 0 Å². The Hall–Kier alpha value is -0.470. The van der Waals surface area contributed by atoms with Gasteiger partial charge in [0.25, 0.3) is 0 Å². The Balaban J connectivity index is 1.56. The molecule has 2 heteroatoms. The quantitative estimate of drug-likeness (QED) is 0.800. The molecule has 110 valence electrons. The number of hydrogen-bond donors (Lipinski definition) is 1. The molecule has 0 aromatic heterocycles. The fourth-order valence-electron chi connectivity index (χ4n) is 3.38. The van der Waals surface area contributed by atoms with Crippen LogP contribution in [0.15, 0.2) is 24.3 Å². The van der Waals surface area contributed by atoms with Crippen molar-refractivity contribution >= 4 is 11.8 Å². The van der Waals surface area contributed by atoms with Crippen LogP contribution in [0.4, 0.5) is 0 Å². The van der Waals surface area contributed by atoms with Crippen molar-refractivity contribution in [1.82, 2.24) is 5.32 Å². The molecule has 1 aromatic rings. The Kier molecular flexibility index (Phi) is 5.06. The molecule has 0 spiro atoms. The van der Waals surface area contributed by atoms with Crippen LogP contribution in [0.2, 0.25) is 0 Å². The molecule has 1 nitrogen and oxygen atoms in total. The maximum Gasteiger partial charge on any atom is 0.0409 e. The highest BCUT2D eigenvalue weighted by atomic mass is 32.2. The van der Waals surface area contributed by atoms with Gasteiger partial charge in [-0.05, 0) is 49.8 Å². The molecule has 0 radical (unpaired) electrons. The molecule has 2 aliphatic rings. The van der Waals surface area contributed by atoms with E-state index in [1.54, 1.807) is 5.56 Å². The van der Waals surface area contributed by atoms with Gasteiger partial charge in [-0.1, -0.05) is 43.5 Å². The molecule has 1 unspecified atom stereocenters. The van der Waals surface area contributed by atoms with Crippen molar-refractivity contribution in [2.24, 2.45) is 0 Å². The molecular weight excluding hydrogens is 262 g/mol. The van der Waals surface area contributed by atoms with Crippen molar-refractivity contribution in [2.75, 3.05) is 12.8 Å². The summed E-state index contributed by atoms with van der Waals surface area (Å²) in [5, 5.41) is 4.41. The second kappa shape index (κ2) is 7.00. The first-order valence-electron chi connectivity index (χ1n) is 8.25. The molecular formula is C18H27NS. The Morgan fingerprint density at radius 2 is 1.75 bits per heavy atom. The minimum atomic E-state index is 0.510. The summed E-state index contributed by atoms with van der Waals surface area (Å²) in [6, 6.07) is 9.94. The third-order valence-electron chi connectivity index (χ3n) is 5.06. The second-order valence-electron chi connectivity index (χ2n) is 6.38. The lowest BCUT2D eigenvalue weighted by Crippen LogP contribution is -2.20. The van der Waals surface area contributed by atoms with Crippen LogP contribution in [0, 0.1) is 0 Å². The molecule has 0 bridgehead atoms. The van der Waals surface area contributed by atoms with Crippen LogP contribution in [0.3, 0.4) is 0 Å². The highest BCUT2D eigenvalue weighted by molar-refractivity contribution is 7.99. The van der Waals surface area contributed by atoms with Crippen molar-refractivity contribution in [3.05, 3.63) is 35.4 Å². The number of hydrogen-bond acceptors (Lipinski definition) is 2. The zero-order valence-corrected chi connectivity index (χ0v) is 13.4. The van der Waals surface area contributed by atoms with E-state index in [2.05, 4.69) is 48.4 Å². The van der Waals surface area contributed by atoms with E-state index in [9.17, 15) is 0 Å². The van der Waals surface area contributed by atoms with Crippen LogP contribution in [-0.2, 0) is 0 Å². The molecule has 0 heterocycles. The minimum absolute atomic E-state index is 0.510. The molecule has 0 aliphatic heterocycles. The zero-order chi connectivity index (χ0) is 13.8. The predicted octanol–water partition coefficient (Wildman–Crippen LogP) is 4.89. The van der Waals surface area contributed by atoms with E-state index in [0.717, 1.165) is 11.2 Å². The second-order valence-corrected chi connectivity index (χ2v) is 7.71. The normalized spacial score (nSPS) is 21.9. The summed E-state index contributed by atoms with van der Waals surface area (Å²) in [6.07, 6.45) is 9.96. The first-order valence-corrected chi connectivity index (χ1v) is 9.30. The number of nitrogens with one attached hydrogen (secondary N) is 1. The fourth-order valence-corrected chi connectivity index (χ4v) is 4.87. The Bertz CT molecular complexity index is 404. The molecule has 2 fully saturated rings. The summed E-state index contributed by atoms with van der Waals surface area (Å²) in [6.45, 7) is 0. The minimum Gasteiger partial charge on any atom is -0.312 e. The Morgan fingerprint density at radius 3 is 2.30 bits per heavy atom. The average molecular weight is 289 g/mol. The highest BCUT2D eigenvalue weighted by Gasteiger charge is 2.20. The van der Waals surface area contributed by atoms with Gasteiger partial charge >= 0.3 is 0 Å². The van der Waals surface area contributed by atoms with E-state index < -0.39 is 0 Å². The zero-order valence-electron chi connectivity index (χ0n) is 12.6. The summed E-state index contributed by atoms with van der Waals surface area (Å²) in [4.78, 5) is 0. The summed E-state index contributed by atoms with van der Waals surface area (Å²) >= 11 is 2.18. The first kappa shape index (κ1) is 14.5. The van der Waals surface area contributed by atoms with Gasteiger partial charge in [-0.2, -0.15) is 11.8 Å². The van der Waals surface area contributed by atoms with Gasteiger partial charge in [-0.15, -0.1) is 0 Å². The molecule has 2 aliphatic carbocycles. The van der Waals surface area contributed by atoms with Gasteiger partial charge in [-0.3, -0.25) is 0 Å². The average Bonchev–Trinajstić information content (AvgIpc) is 2.92. The predicted molar refractivity (Wildman–Crippen MR) is 89.5 cm³/mol. The van der Waals surface area contributed by atoms with Crippen LogP contribution in [-0.4, -0.2) is 18.1 Å². The van der Waals surface area contributed by atoms with Gasteiger partial charge in [0.1, 0.15) is 0 Å². The topological polar surface area (TPSA) is 12.0 Å². The van der Waals surface area contributed by atoms with Crippen molar-refractivity contribution < 1.29 is 0 Å². The SMILES string of the molecule is CNC(CSC1CCCC1)c1ccc(C2CCC2)cc1. The Morgan fingerprint density at radius 1 is 1.05 bits per heavy atom. The molecule has 1 atom stereocenters. The van der Waals surface area contributed by atoms with E-state index in [-0.39, 0.29) is 0 Å². The van der Waals surface area contributed by atoms with Gasteiger partial charge in [0.15, 0.2) is 0 Å². The molecule has 2 saturated carbocycles. The smallest absolute Gasteiger partial charge is 0.0409 e. The fraction of sp³-hybridized carbons (Fsp3) is 0.667. The van der Waals surface area contributed by atoms with E-state index in [1.807, 2.05) is 0 Å². The molecule has 0 amide bonds. The number of thioether (sulfide) groups is 1. The van der Waals surface area contributed by atoms with Gasteiger partial charge < -0.3 is 5.32 Å². The highest BCUT2D eigenvalue weighted by Crippen LogP contribution is 2.37. The summed E-state index contributed by atoms with van der Waals surface area (Å²) in [7, 11) is 2.10. The molecule has 1 aromatic carbocycles. The maximum absolute atomic E-state index is 3.50. The molecule has 3 rings (SSSR count). The van der Waals surface area contributed by atoms with E-state index in [0.29, 0.717) is 6.04 Å². The van der Waals surface area contributed by atoms with Gasteiger partial charge in [0, 0.05) is 17.0 Å². The monoisotopic (exact) mass is 289 g/mol. The van der Waals surface area contributed by atoms with Gasteiger partial charge in [0.05, 0.1) is 0 Å². The maximum atomic E-state index is 3.50. The molecule has 1 N–H and O–H groups in total. The lowest BCUT2D eigenvalue weighted by Gasteiger charge is -2.26. The van der Waals surface area contributed by atoms with Crippen molar-refractivity contribution in [3.63, 3.8) is 0 Å². The first-order chi connectivity index (χ1) is 9.86. The van der Waals surface area contributed by atoms with E-state index >= 15 is 0 Å². The van der Waals surface area contributed by atoms with Crippen LogP contribution in [0.25, 0.3) is 0 Å². The summed E-state index contributed by atoms with van der Waals surface area (Å²) in [5.41, 5.74) is 3.01. The lowest BCUT2D eigenvalue weighted by molar-refractivity contribution is 0.419. The van der Waals surface area contributed by atoms with Crippen molar-refractivity contribution in [1.29, 1.82) is 0 Å². The van der Waals surface area contributed by atoms with E-state index in [1.165, 1.54) is 56.3 Å². The lowest BCUT2D eigenvalue weighted by atomic mass is 9.80. The van der Waals surface area contributed by atoms with Crippen LogP contribution in [0.5, 0.6) is 0 Å².